The van der Waals surface area contributed by atoms with Crippen molar-refractivity contribution >= 4 is 57.7 Å². The minimum absolute atomic E-state index is 0. The molecular formula is C18H21Cl4FN2O2. The molecule has 2 aromatic carbocycles. The molecule has 9 heteroatoms. The molecule has 0 amide bonds. The molecule has 27 heavy (non-hydrogen) atoms. The Bertz CT molecular complexity index is 723. The smallest absolute Gasteiger partial charge is 0.252 e. The fourth-order valence-corrected chi connectivity index (χ4v) is 1.61. The highest BCUT2D eigenvalue weighted by molar-refractivity contribution is 6.68. The van der Waals surface area contributed by atoms with Crippen LogP contribution in [0, 0.1) is 5.82 Å². The van der Waals surface area contributed by atoms with Gasteiger partial charge in [0, 0.05) is 16.7 Å². The Morgan fingerprint density at radius 1 is 0.963 bits per heavy atom. The summed E-state index contributed by atoms with van der Waals surface area (Å²) in [5.41, 5.74) is 3.41. The second kappa shape index (κ2) is 13.9. The van der Waals surface area contributed by atoms with Gasteiger partial charge in [-0.1, -0.05) is 41.9 Å². The van der Waals surface area contributed by atoms with Crippen LogP contribution in [0.25, 0.3) is 0 Å². The fraction of sp³-hybridized carbons (Fsp3) is 0.222. The fourth-order valence-electron chi connectivity index (χ4n) is 1.19. The van der Waals surface area contributed by atoms with E-state index in [4.69, 9.17) is 40.6 Å². The van der Waals surface area contributed by atoms with E-state index in [1.165, 1.54) is 12.1 Å². The summed E-state index contributed by atoms with van der Waals surface area (Å²) in [6.45, 7) is 6.02. The highest BCUT2D eigenvalue weighted by Crippen LogP contribution is 2.16. The van der Waals surface area contributed by atoms with E-state index in [2.05, 4.69) is 5.43 Å². The van der Waals surface area contributed by atoms with Crippen molar-refractivity contribution in [2.75, 3.05) is 0 Å². The predicted molar refractivity (Wildman–Crippen MR) is 113 cm³/mol. The van der Waals surface area contributed by atoms with Crippen LogP contribution in [0.15, 0.2) is 48.5 Å². The Morgan fingerprint density at radius 2 is 1.41 bits per heavy atom. The van der Waals surface area contributed by atoms with Crippen LogP contribution in [0.4, 0.5) is 4.39 Å². The third-order valence-corrected chi connectivity index (χ3v) is 3.31. The van der Waals surface area contributed by atoms with Gasteiger partial charge in [0.05, 0.1) is 5.02 Å². The van der Waals surface area contributed by atoms with E-state index in [1.54, 1.807) is 24.3 Å². The van der Waals surface area contributed by atoms with Gasteiger partial charge in [-0.25, -0.2) is 4.39 Å². The van der Waals surface area contributed by atoms with Crippen LogP contribution in [-0.2, 0) is 0 Å². The second-order valence-corrected chi connectivity index (χ2v) is 7.03. The Labute approximate surface area is 179 Å². The molecule has 0 aliphatic heterocycles. The standard InChI is InChI=1S/C7H3Cl2FO.C7H5ClO.C4H12N2.ClH/c8-5-3-4(7(9)11)1-2-6(5)10;8-7(9)6-4-2-1-3-5-6;1-4(2,3)6-5;/h1-3H;1-5H;6H,5H2,1-3H3;1H. The summed E-state index contributed by atoms with van der Waals surface area (Å²) in [4.78, 5) is 20.9. The number of nitrogens with one attached hydrogen (secondary N) is 1. The number of nitrogens with two attached hydrogens (primary N) is 1. The van der Waals surface area contributed by atoms with Gasteiger partial charge in [0.15, 0.2) is 0 Å². The van der Waals surface area contributed by atoms with Crippen molar-refractivity contribution in [2.24, 2.45) is 5.84 Å². The molecule has 0 aromatic heterocycles. The Morgan fingerprint density at radius 3 is 1.70 bits per heavy atom. The summed E-state index contributed by atoms with van der Waals surface area (Å²) in [7, 11) is 0. The number of carbonyl (C=O) groups is 2. The average molecular weight is 458 g/mol. The first-order valence-corrected chi connectivity index (χ1v) is 8.49. The molecule has 0 fully saturated rings. The van der Waals surface area contributed by atoms with E-state index in [9.17, 15) is 14.0 Å². The lowest BCUT2D eigenvalue weighted by molar-refractivity contribution is 0.107. The zero-order valence-electron chi connectivity index (χ0n) is 14.9. The zero-order valence-corrected chi connectivity index (χ0v) is 18.0. The maximum Gasteiger partial charge on any atom is 0.252 e. The number of halogens is 5. The van der Waals surface area contributed by atoms with Crippen molar-refractivity contribution in [3.8, 4) is 0 Å². The van der Waals surface area contributed by atoms with E-state index < -0.39 is 16.3 Å². The van der Waals surface area contributed by atoms with E-state index in [0.29, 0.717) is 5.56 Å². The van der Waals surface area contributed by atoms with Crippen molar-refractivity contribution in [1.29, 1.82) is 0 Å². The Hall–Kier alpha value is -1.21. The Balaban J connectivity index is 0. The first kappa shape index (κ1) is 28.0. The van der Waals surface area contributed by atoms with Gasteiger partial charge in [0.1, 0.15) is 5.82 Å². The van der Waals surface area contributed by atoms with Crippen LogP contribution in [0.2, 0.25) is 5.02 Å². The minimum Gasteiger partial charge on any atom is -0.276 e. The van der Waals surface area contributed by atoms with Crippen LogP contribution in [0.3, 0.4) is 0 Å². The molecule has 0 atom stereocenters. The second-order valence-electron chi connectivity index (χ2n) is 5.94. The van der Waals surface area contributed by atoms with Crippen LogP contribution >= 0.6 is 47.2 Å². The molecular weight excluding hydrogens is 437 g/mol. The summed E-state index contributed by atoms with van der Waals surface area (Å²) < 4.78 is 12.5. The number of hydrazine groups is 1. The van der Waals surface area contributed by atoms with Crippen molar-refractivity contribution in [3.63, 3.8) is 0 Å². The van der Waals surface area contributed by atoms with Crippen LogP contribution in [-0.4, -0.2) is 16.0 Å². The van der Waals surface area contributed by atoms with Crippen LogP contribution in [0.5, 0.6) is 0 Å². The van der Waals surface area contributed by atoms with Gasteiger partial charge in [0.2, 0.25) is 0 Å². The quantitative estimate of drug-likeness (QED) is 0.350. The third-order valence-electron chi connectivity index (χ3n) is 2.58. The number of carbonyl (C=O) groups excluding carboxylic acids is 2. The Kier molecular flexibility index (Phi) is 14.4. The lowest BCUT2D eigenvalue weighted by Crippen LogP contribution is -2.41. The molecule has 3 N–H and O–H groups in total. The van der Waals surface area contributed by atoms with Gasteiger partial charge in [-0.2, -0.15) is 0 Å². The molecule has 2 rings (SSSR count). The topological polar surface area (TPSA) is 72.2 Å². The van der Waals surface area contributed by atoms with E-state index in [1.807, 2.05) is 26.8 Å². The average Bonchev–Trinajstić information content (AvgIpc) is 2.58. The van der Waals surface area contributed by atoms with Gasteiger partial charge in [-0.05, 0) is 62.2 Å². The summed E-state index contributed by atoms with van der Waals surface area (Å²) in [6, 6.07) is 12.3. The molecule has 2 aromatic rings. The summed E-state index contributed by atoms with van der Waals surface area (Å²) >= 11 is 15.6. The first-order chi connectivity index (χ1) is 12.0. The lowest BCUT2D eigenvalue weighted by Gasteiger charge is -2.14. The van der Waals surface area contributed by atoms with Crippen molar-refractivity contribution in [2.45, 2.75) is 26.3 Å². The molecule has 0 radical (unpaired) electrons. The van der Waals surface area contributed by atoms with E-state index in [0.717, 1.165) is 6.07 Å². The normalized spacial score (nSPS) is 9.63. The molecule has 150 valence electrons. The number of benzene rings is 2. The van der Waals surface area contributed by atoms with Crippen molar-refractivity contribution < 1.29 is 14.0 Å². The summed E-state index contributed by atoms with van der Waals surface area (Å²) in [5.74, 6) is 4.49. The predicted octanol–water partition coefficient (Wildman–Crippen LogP) is 5.59. The van der Waals surface area contributed by atoms with Crippen molar-refractivity contribution in [1.82, 2.24) is 5.43 Å². The van der Waals surface area contributed by atoms with Gasteiger partial charge < -0.3 is 0 Å². The zero-order chi connectivity index (χ0) is 20.3. The largest absolute Gasteiger partial charge is 0.276 e. The van der Waals surface area contributed by atoms with Gasteiger partial charge in [-0.15, -0.1) is 12.4 Å². The summed E-state index contributed by atoms with van der Waals surface area (Å²) in [6.07, 6.45) is 0. The number of rotatable bonds is 2. The molecule has 4 nitrogen and oxygen atoms in total. The SMILES string of the molecule is CC(C)(C)NN.Cl.O=C(Cl)c1ccc(F)c(Cl)c1.O=C(Cl)c1ccccc1. The maximum atomic E-state index is 12.5. The molecule has 0 bridgehead atoms. The monoisotopic (exact) mass is 456 g/mol. The number of hydrogen-bond donors (Lipinski definition) is 2. The molecule has 0 heterocycles. The third kappa shape index (κ3) is 13.6. The minimum atomic E-state index is -0.646. The number of hydrogen-bond acceptors (Lipinski definition) is 4. The van der Waals surface area contributed by atoms with E-state index >= 15 is 0 Å². The highest BCUT2D eigenvalue weighted by atomic mass is 35.5. The van der Waals surface area contributed by atoms with Gasteiger partial charge in [-0.3, -0.25) is 20.9 Å². The van der Waals surface area contributed by atoms with Crippen LogP contribution in [0.1, 0.15) is 41.5 Å². The molecule has 0 aliphatic rings. The van der Waals surface area contributed by atoms with E-state index in [-0.39, 0.29) is 28.5 Å². The van der Waals surface area contributed by atoms with Crippen molar-refractivity contribution in [3.05, 3.63) is 70.5 Å². The van der Waals surface area contributed by atoms with Crippen LogP contribution < -0.4 is 11.3 Å². The molecule has 0 aliphatic carbocycles. The first-order valence-electron chi connectivity index (χ1n) is 7.35. The maximum absolute atomic E-state index is 12.5. The van der Waals surface area contributed by atoms with Gasteiger partial charge >= 0.3 is 0 Å². The lowest BCUT2D eigenvalue weighted by atomic mass is 10.1. The molecule has 0 saturated heterocycles. The highest BCUT2D eigenvalue weighted by Gasteiger charge is 2.05. The molecule has 0 saturated carbocycles. The molecule has 0 unspecified atom stereocenters. The van der Waals surface area contributed by atoms with Gasteiger partial charge in [0.25, 0.3) is 10.5 Å². The molecule has 0 spiro atoms. The summed E-state index contributed by atoms with van der Waals surface area (Å²) in [5, 5.41) is -1.15.